The summed E-state index contributed by atoms with van der Waals surface area (Å²) in [5.41, 5.74) is 7.57. The Kier molecular flexibility index (Phi) is 3.74. The Morgan fingerprint density at radius 2 is 1.87 bits per heavy atom. The van der Waals surface area contributed by atoms with Crippen LogP contribution < -0.4 is 11.2 Å². The van der Waals surface area contributed by atoms with E-state index in [1.165, 1.54) is 12.1 Å². The average Bonchev–Trinajstić information content (AvgIpc) is 2.47. The molecule has 0 saturated heterocycles. The van der Waals surface area contributed by atoms with E-state index in [1.54, 1.807) is 13.0 Å². The topological polar surface area (TPSA) is 56.2 Å². The Hall–Kier alpha value is -2.53. The first-order chi connectivity index (χ1) is 10.9. The molecule has 1 atom stereocenters. The van der Waals surface area contributed by atoms with Crippen LogP contribution in [0.5, 0.6) is 0 Å². The minimum Gasteiger partial charge on any atom is -0.455 e. The maximum absolute atomic E-state index is 14.0. The van der Waals surface area contributed by atoms with Gasteiger partial charge in [0.15, 0.2) is 5.43 Å². The Morgan fingerprint density at radius 3 is 2.52 bits per heavy atom. The SMILES string of the molecule is Cc1cc([C@@H](C)N)c2oc(-c3ccc(F)cc3F)cc(=O)c2c1. The fourth-order valence-electron chi connectivity index (χ4n) is 2.59. The number of benzene rings is 2. The molecule has 0 amide bonds. The number of hydrogen-bond donors (Lipinski definition) is 1. The summed E-state index contributed by atoms with van der Waals surface area (Å²) in [6.45, 7) is 3.64. The van der Waals surface area contributed by atoms with Gasteiger partial charge in [0.2, 0.25) is 0 Å². The van der Waals surface area contributed by atoms with Crippen molar-refractivity contribution in [1.82, 2.24) is 0 Å². The second kappa shape index (κ2) is 5.59. The van der Waals surface area contributed by atoms with Crippen LogP contribution in [0.15, 0.2) is 45.6 Å². The predicted molar refractivity (Wildman–Crippen MR) is 85.2 cm³/mol. The molecule has 0 fully saturated rings. The zero-order valence-corrected chi connectivity index (χ0v) is 12.7. The fourth-order valence-corrected chi connectivity index (χ4v) is 2.59. The van der Waals surface area contributed by atoms with Crippen molar-refractivity contribution in [3.8, 4) is 11.3 Å². The van der Waals surface area contributed by atoms with Gasteiger partial charge in [0, 0.05) is 23.7 Å². The summed E-state index contributed by atoms with van der Waals surface area (Å²) >= 11 is 0. The van der Waals surface area contributed by atoms with Crippen LogP contribution in [0, 0.1) is 18.6 Å². The summed E-state index contributed by atoms with van der Waals surface area (Å²) in [6, 6.07) is 7.51. The third kappa shape index (κ3) is 2.75. The summed E-state index contributed by atoms with van der Waals surface area (Å²) in [5.74, 6) is -1.44. The van der Waals surface area contributed by atoms with E-state index in [0.717, 1.165) is 17.7 Å². The van der Waals surface area contributed by atoms with Gasteiger partial charge in [-0.15, -0.1) is 0 Å². The summed E-state index contributed by atoms with van der Waals surface area (Å²) in [5, 5.41) is 0.392. The lowest BCUT2D eigenvalue weighted by molar-refractivity contribution is 0.570. The monoisotopic (exact) mass is 315 g/mol. The van der Waals surface area contributed by atoms with Crippen LogP contribution >= 0.6 is 0 Å². The first-order valence-electron chi connectivity index (χ1n) is 7.16. The van der Waals surface area contributed by atoms with Crippen LogP contribution in [0.2, 0.25) is 0 Å². The van der Waals surface area contributed by atoms with Gasteiger partial charge in [-0.2, -0.15) is 0 Å². The molecular weight excluding hydrogens is 300 g/mol. The van der Waals surface area contributed by atoms with Gasteiger partial charge in [-0.25, -0.2) is 8.78 Å². The van der Waals surface area contributed by atoms with Crippen molar-refractivity contribution in [2.45, 2.75) is 19.9 Å². The third-order valence-corrected chi connectivity index (χ3v) is 3.69. The molecule has 0 unspecified atom stereocenters. The van der Waals surface area contributed by atoms with Crippen molar-refractivity contribution in [2.24, 2.45) is 5.73 Å². The molecular formula is C18H15F2NO2. The molecule has 0 radical (unpaired) electrons. The molecule has 2 aromatic carbocycles. The molecule has 1 aromatic heterocycles. The van der Waals surface area contributed by atoms with E-state index in [-0.39, 0.29) is 22.8 Å². The minimum atomic E-state index is -0.790. The molecule has 2 N–H and O–H groups in total. The van der Waals surface area contributed by atoms with E-state index < -0.39 is 11.6 Å². The quantitative estimate of drug-likeness (QED) is 0.775. The molecule has 0 aliphatic carbocycles. The Balaban J connectivity index is 2.35. The Labute approximate surface area is 131 Å². The summed E-state index contributed by atoms with van der Waals surface area (Å²) in [6.07, 6.45) is 0. The van der Waals surface area contributed by atoms with E-state index in [9.17, 15) is 13.6 Å². The Morgan fingerprint density at radius 1 is 1.13 bits per heavy atom. The van der Waals surface area contributed by atoms with Crippen molar-refractivity contribution in [3.63, 3.8) is 0 Å². The lowest BCUT2D eigenvalue weighted by atomic mass is 10.0. The molecule has 0 aliphatic rings. The molecule has 0 saturated carbocycles. The van der Waals surface area contributed by atoms with Crippen molar-refractivity contribution in [2.75, 3.05) is 0 Å². The second-order valence-corrected chi connectivity index (χ2v) is 5.62. The third-order valence-electron chi connectivity index (χ3n) is 3.69. The van der Waals surface area contributed by atoms with Gasteiger partial charge in [0.05, 0.1) is 10.9 Å². The molecule has 23 heavy (non-hydrogen) atoms. The van der Waals surface area contributed by atoms with Crippen LogP contribution in [0.3, 0.4) is 0 Å². The normalized spacial score (nSPS) is 12.6. The van der Waals surface area contributed by atoms with Crippen molar-refractivity contribution in [3.05, 3.63) is 69.4 Å². The predicted octanol–water partition coefficient (Wildman–Crippen LogP) is 4.07. The van der Waals surface area contributed by atoms with Crippen LogP contribution in [-0.2, 0) is 0 Å². The van der Waals surface area contributed by atoms with Gasteiger partial charge >= 0.3 is 0 Å². The van der Waals surface area contributed by atoms with Gasteiger partial charge in [-0.05, 0) is 37.6 Å². The maximum Gasteiger partial charge on any atom is 0.193 e. The largest absolute Gasteiger partial charge is 0.455 e. The van der Waals surface area contributed by atoms with Gasteiger partial charge < -0.3 is 10.2 Å². The smallest absolute Gasteiger partial charge is 0.193 e. The number of nitrogens with two attached hydrogens (primary N) is 1. The molecule has 3 rings (SSSR count). The number of rotatable bonds is 2. The molecule has 0 bridgehead atoms. The van der Waals surface area contributed by atoms with Crippen LogP contribution in [-0.4, -0.2) is 0 Å². The number of aryl methyl sites for hydroxylation is 1. The van der Waals surface area contributed by atoms with Crippen molar-refractivity contribution >= 4 is 11.0 Å². The standard InChI is InChI=1S/C18H15F2NO2/c1-9-5-13(10(2)21)18-14(6-9)16(22)8-17(23-18)12-4-3-11(19)7-15(12)20/h3-8,10H,21H2,1-2H3/t10-/m1/s1. The van der Waals surface area contributed by atoms with Crippen LogP contribution in [0.25, 0.3) is 22.3 Å². The first kappa shape index (κ1) is 15.4. The van der Waals surface area contributed by atoms with Gasteiger partial charge in [-0.1, -0.05) is 6.07 Å². The van der Waals surface area contributed by atoms with Crippen molar-refractivity contribution < 1.29 is 13.2 Å². The molecule has 3 aromatic rings. The first-order valence-corrected chi connectivity index (χ1v) is 7.16. The molecule has 1 heterocycles. The van der Waals surface area contributed by atoms with E-state index in [0.29, 0.717) is 16.5 Å². The van der Waals surface area contributed by atoms with Gasteiger partial charge in [-0.3, -0.25) is 4.79 Å². The lowest BCUT2D eigenvalue weighted by Gasteiger charge is -2.12. The van der Waals surface area contributed by atoms with E-state index >= 15 is 0 Å². The molecule has 0 spiro atoms. The highest BCUT2D eigenvalue weighted by molar-refractivity contribution is 5.83. The average molecular weight is 315 g/mol. The highest BCUT2D eigenvalue weighted by atomic mass is 19.1. The molecule has 5 heteroatoms. The van der Waals surface area contributed by atoms with E-state index in [1.807, 2.05) is 13.0 Å². The fraction of sp³-hybridized carbons (Fsp3) is 0.167. The summed E-state index contributed by atoms with van der Waals surface area (Å²) in [4.78, 5) is 12.4. The number of halogens is 2. The number of hydrogen-bond acceptors (Lipinski definition) is 3. The zero-order chi connectivity index (χ0) is 16.7. The van der Waals surface area contributed by atoms with E-state index in [4.69, 9.17) is 10.2 Å². The summed E-state index contributed by atoms with van der Waals surface area (Å²) < 4.78 is 32.8. The molecule has 118 valence electrons. The molecule has 3 nitrogen and oxygen atoms in total. The van der Waals surface area contributed by atoms with Crippen molar-refractivity contribution in [1.29, 1.82) is 0 Å². The summed E-state index contributed by atoms with van der Waals surface area (Å²) in [7, 11) is 0. The number of fused-ring (bicyclic) bond motifs is 1. The van der Waals surface area contributed by atoms with Crippen LogP contribution in [0.1, 0.15) is 24.1 Å². The lowest BCUT2D eigenvalue weighted by Crippen LogP contribution is -2.09. The zero-order valence-electron chi connectivity index (χ0n) is 12.7. The van der Waals surface area contributed by atoms with Crippen LogP contribution in [0.4, 0.5) is 8.78 Å². The Bertz CT molecular complexity index is 961. The minimum absolute atomic E-state index is 0.0293. The highest BCUT2D eigenvalue weighted by Crippen LogP contribution is 2.29. The van der Waals surface area contributed by atoms with E-state index in [2.05, 4.69) is 0 Å². The van der Waals surface area contributed by atoms with Gasteiger partial charge in [0.25, 0.3) is 0 Å². The molecule has 0 aliphatic heterocycles. The second-order valence-electron chi connectivity index (χ2n) is 5.62. The highest BCUT2D eigenvalue weighted by Gasteiger charge is 2.16. The maximum atomic E-state index is 14.0. The van der Waals surface area contributed by atoms with Gasteiger partial charge in [0.1, 0.15) is 23.0 Å².